The Bertz CT molecular complexity index is 976. The van der Waals surface area contributed by atoms with E-state index in [-0.39, 0.29) is 17.8 Å². The maximum Gasteiger partial charge on any atom is 0.253 e. The number of carbonyl (C=O) groups is 1. The molecular weight excluding hydrogens is 372 g/mol. The Morgan fingerprint density at radius 1 is 1.11 bits per heavy atom. The number of aromatic nitrogens is 2. The fourth-order valence-electron chi connectivity index (χ4n) is 3.72. The fourth-order valence-corrected chi connectivity index (χ4v) is 3.85. The molecule has 0 unspecified atom stereocenters. The third-order valence-electron chi connectivity index (χ3n) is 5.11. The van der Waals surface area contributed by atoms with E-state index in [4.69, 9.17) is 17.3 Å². The number of likely N-dealkylation sites (tertiary alicyclic amines) is 1. The van der Waals surface area contributed by atoms with Crippen LogP contribution in [0.15, 0.2) is 60.8 Å². The molecule has 28 heavy (non-hydrogen) atoms. The Balaban J connectivity index is 1.64. The van der Waals surface area contributed by atoms with Crippen LogP contribution in [0.4, 0.5) is 5.95 Å². The molecule has 2 N–H and O–H groups in total. The predicted octanol–water partition coefficient (Wildman–Crippen LogP) is 4.40. The van der Waals surface area contributed by atoms with E-state index >= 15 is 0 Å². The summed E-state index contributed by atoms with van der Waals surface area (Å²) in [6.45, 7) is 1.37. The van der Waals surface area contributed by atoms with Crippen molar-refractivity contribution in [3.05, 3.63) is 77.1 Å². The lowest BCUT2D eigenvalue weighted by molar-refractivity contribution is 0.0706. The van der Waals surface area contributed by atoms with Crippen molar-refractivity contribution in [2.75, 3.05) is 18.8 Å². The van der Waals surface area contributed by atoms with Crippen molar-refractivity contribution in [1.29, 1.82) is 0 Å². The second-order valence-electron chi connectivity index (χ2n) is 6.99. The Morgan fingerprint density at radius 3 is 2.61 bits per heavy atom. The van der Waals surface area contributed by atoms with Gasteiger partial charge in [0.25, 0.3) is 5.91 Å². The Morgan fingerprint density at radius 2 is 1.86 bits per heavy atom. The van der Waals surface area contributed by atoms with Crippen molar-refractivity contribution in [2.24, 2.45) is 0 Å². The van der Waals surface area contributed by atoms with Gasteiger partial charge in [-0.1, -0.05) is 41.9 Å². The van der Waals surface area contributed by atoms with Gasteiger partial charge in [-0.15, -0.1) is 0 Å². The quantitative estimate of drug-likeness (QED) is 0.717. The molecule has 1 aliphatic rings. The van der Waals surface area contributed by atoms with Crippen molar-refractivity contribution in [3.63, 3.8) is 0 Å². The summed E-state index contributed by atoms with van der Waals surface area (Å²) in [7, 11) is 0. The molecule has 5 nitrogen and oxygen atoms in total. The lowest BCUT2D eigenvalue weighted by atomic mass is 9.89. The van der Waals surface area contributed by atoms with Gasteiger partial charge in [-0.3, -0.25) is 4.79 Å². The molecule has 2 aromatic carbocycles. The van der Waals surface area contributed by atoms with Gasteiger partial charge in [-0.25, -0.2) is 9.97 Å². The van der Waals surface area contributed by atoms with Crippen LogP contribution in [-0.4, -0.2) is 33.9 Å². The van der Waals surface area contributed by atoms with Gasteiger partial charge in [-0.05, 0) is 42.7 Å². The monoisotopic (exact) mass is 392 g/mol. The molecule has 6 heteroatoms. The van der Waals surface area contributed by atoms with E-state index in [0.29, 0.717) is 17.1 Å². The summed E-state index contributed by atoms with van der Waals surface area (Å²) < 4.78 is 0. The molecule has 0 aliphatic carbocycles. The molecule has 1 amide bonds. The summed E-state index contributed by atoms with van der Waals surface area (Å²) in [5.74, 6) is 0.414. The molecular formula is C22H21ClN4O. The van der Waals surface area contributed by atoms with Crippen molar-refractivity contribution in [1.82, 2.24) is 14.9 Å². The van der Waals surface area contributed by atoms with Crippen molar-refractivity contribution < 1.29 is 4.79 Å². The highest BCUT2D eigenvalue weighted by Gasteiger charge is 2.28. The SMILES string of the molecule is Nc1ncc(-c2ccc(Cl)cc2)c([C@H]2CCCN(C(=O)c3ccccc3)C2)n1. The van der Waals surface area contributed by atoms with Crippen molar-refractivity contribution in [2.45, 2.75) is 18.8 Å². The van der Waals surface area contributed by atoms with Gasteiger partial charge in [0.1, 0.15) is 0 Å². The molecule has 0 radical (unpaired) electrons. The number of hydrogen-bond donors (Lipinski definition) is 1. The van der Waals surface area contributed by atoms with Gasteiger partial charge in [0.2, 0.25) is 5.95 Å². The molecule has 1 atom stereocenters. The number of anilines is 1. The molecule has 4 rings (SSSR count). The molecule has 1 aliphatic heterocycles. The minimum absolute atomic E-state index is 0.0559. The lowest BCUT2D eigenvalue weighted by Crippen LogP contribution is -2.39. The maximum absolute atomic E-state index is 12.9. The van der Waals surface area contributed by atoms with E-state index in [1.54, 1.807) is 6.20 Å². The average molecular weight is 393 g/mol. The minimum Gasteiger partial charge on any atom is -0.368 e. The van der Waals surface area contributed by atoms with E-state index in [9.17, 15) is 4.79 Å². The molecule has 1 saturated heterocycles. The van der Waals surface area contributed by atoms with E-state index in [2.05, 4.69) is 9.97 Å². The summed E-state index contributed by atoms with van der Waals surface area (Å²) in [6.07, 6.45) is 3.64. The van der Waals surface area contributed by atoms with E-state index in [1.807, 2.05) is 59.5 Å². The zero-order valence-corrected chi connectivity index (χ0v) is 16.1. The highest BCUT2D eigenvalue weighted by atomic mass is 35.5. The summed E-state index contributed by atoms with van der Waals surface area (Å²) in [5.41, 5.74) is 9.43. The van der Waals surface area contributed by atoms with Gasteiger partial charge in [-0.2, -0.15) is 0 Å². The largest absolute Gasteiger partial charge is 0.368 e. The topological polar surface area (TPSA) is 72.1 Å². The number of carbonyl (C=O) groups excluding carboxylic acids is 1. The molecule has 1 fully saturated rings. The molecule has 142 valence electrons. The molecule has 0 saturated carbocycles. The molecule has 2 heterocycles. The summed E-state index contributed by atoms with van der Waals surface area (Å²) in [6, 6.07) is 17.0. The van der Waals surface area contributed by atoms with E-state index in [1.165, 1.54) is 0 Å². The predicted molar refractivity (Wildman–Crippen MR) is 111 cm³/mol. The van der Waals surface area contributed by atoms with Crippen LogP contribution in [0.1, 0.15) is 34.8 Å². The second kappa shape index (κ2) is 7.98. The van der Waals surface area contributed by atoms with E-state index < -0.39 is 0 Å². The van der Waals surface area contributed by atoms with Crippen LogP contribution in [0, 0.1) is 0 Å². The first-order chi connectivity index (χ1) is 13.6. The van der Waals surface area contributed by atoms with Crippen molar-refractivity contribution in [3.8, 4) is 11.1 Å². The number of hydrogen-bond acceptors (Lipinski definition) is 4. The fraction of sp³-hybridized carbons (Fsp3) is 0.227. The average Bonchev–Trinajstić information content (AvgIpc) is 2.74. The van der Waals surface area contributed by atoms with Crippen molar-refractivity contribution >= 4 is 23.5 Å². The Kier molecular flexibility index (Phi) is 5.26. The van der Waals surface area contributed by atoms with Gasteiger partial charge < -0.3 is 10.6 Å². The first-order valence-electron chi connectivity index (χ1n) is 9.34. The zero-order chi connectivity index (χ0) is 19.5. The number of benzene rings is 2. The smallest absolute Gasteiger partial charge is 0.253 e. The third kappa shape index (κ3) is 3.85. The minimum atomic E-state index is 0.0559. The lowest BCUT2D eigenvalue weighted by Gasteiger charge is -2.33. The number of nitrogen functional groups attached to an aromatic ring is 1. The van der Waals surface area contributed by atoms with Crippen LogP contribution in [0.25, 0.3) is 11.1 Å². The number of nitrogens with zero attached hydrogens (tertiary/aromatic N) is 3. The molecule has 3 aromatic rings. The molecule has 0 bridgehead atoms. The molecule has 0 spiro atoms. The number of halogens is 1. The highest BCUT2D eigenvalue weighted by Crippen LogP contribution is 2.34. The number of amides is 1. The Hall–Kier alpha value is -2.92. The highest BCUT2D eigenvalue weighted by molar-refractivity contribution is 6.30. The zero-order valence-electron chi connectivity index (χ0n) is 15.4. The van der Waals surface area contributed by atoms with Crippen LogP contribution in [0.5, 0.6) is 0 Å². The van der Waals surface area contributed by atoms with Crippen LogP contribution >= 0.6 is 11.6 Å². The summed E-state index contributed by atoms with van der Waals surface area (Å²) in [4.78, 5) is 23.5. The maximum atomic E-state index is 12.9. The number of nitrogens with two attached hydrogens (primary N) is 1. The normalized spacial score (nSPS) is 16.8. The second-order valence-corrected chi connectivity index (χ2v) is 7.43. The van der Waals surface area contributed by atoms with Gasteiger partial charge in [0.05, 0.1) is 5.69 Å². The van der Waals surface area contributed by atoms with E-state index in [0.717, 1.165) is 36.2 Å². The Labute approximate surface area is 169 Å². The molecule has 1 aromatic heterocycles. The van der Waals surface area contributed by atoms with Gasteiger partial charge in [0.15, 0.2) is 0 Å². The first kappa shape index (κ1) is 18.4. The standard InChI is InChI=1S/C22H21ClN4O/c23-18-10-8-15(9-11-18)19-13-25-22(24)26-20(19)17-7-4-12-27(14-17)21(28)16-5-2-1-3-6-16/h1-3,5-6,8-11,13,17H,4,7,12,14H2,(H2,24,25,26)/t17-/m0/s1. The van der Waals surface area contributed by atoms with Crippen LogP contribution in [-0.2, 0) is 0 Å². The number of rotatable bonds is 3. The third-order valence-corrected chi connectivity index (χ3v) is 5.36. The number of piperidine rings is 1. The van der Waals surface area contributed by atoms with Crippen LogP contribution in [0.3, 0.4) is 0 Å². The summed E-state index contributed by atoms with van der Waals surface area (Å²) in [5, 5.41) is 0.680. The first-order valence-corrected chi connectivity index (χ1v) is 9.72. The summed E-state index contributed by atoms with van der Waals surface area (Å²) >= 11 is 6.03. The van der Waals surface area contributed by atoms with Gasteiger partial charge >= 0.3 is 0 Å². The van der Waals surface area contributed by atoms with Gasteiger partial charge in [0, 0.05) is 41.4 Å². The van der Waals surface area contributed by atoms with Crippen LogP contribution < -0.4 is 5.73 Å². The van der Waals surface area contributed by atoms with Crippen LogP contribution in [0.2, 0.25) is 5.02 Å².